The molecule has 0 radical (unpaired) electrons. The lowest BCUT2D eigenvalue weighted by Gasteiger charge is -2.01. The molecular formula is C27H28Cl78O. The number of aliphatic hydroxyl groups excluding tert-OH is 1. The van der Waals surface area contributed by atoms with Gasteiger partial charge >= 0.3 is 0 Å². The zero-order valence-corrected chi connectivity index (χ0v) is 105. The predicted octanol–water partition coefficient (Wildman–Crippen LogP) is 51.0. The SMILES string of the molecule is ClC(Cl)Cl.ClC(Cl)Cl.ClC(Cl)Cl.ClC(Cl)Cl.ClC(Cl)Cl.ClC(Cl)Cl.ClC(Cl)Cl.ClC(Cl)Cl.ClC(Cl)Cl.ClC(Cl)Cl.ClC(Cl)Cl.ClC(Cl)Cl.ClC(Cl)Cl.ClC(Cl)Cl.ClC(Cl)Cl.ClC(Cl)Cl.ClC(Cl)Cl.ClC(Cl)Cl.ClC(Cl)Cl.ClC(Cl)Cl.ClC(Cl)Cl.ClC(Cl)Cl.ClC(Cl)Cl.ClC(Cl)Cl.ClC(Cl)Cl.OCC(Cl)(Cl)Cl. The number of alkyl halides is 78. The number of hydrogen-bond acceptors (Lipinski definition) is 1. The highest BCUT2D eigenvalue weighted by Crippen LogP contribution is 2.24. The average molecular weight is 3130 g/mol. The smallest absolute Gasteiger partial charge is 0.213 e. The molecular weight excluding hydrogens is 3110 g/mol. The maximum atomic E-state index is 8.01. The Kier molecular flexibility index (Phi) is 351. The van der Waals surface area contributed by atoms with E-state index in [0.717, 1.165) is 0 Å². The average Bonchev–Trinajstić information content (AvgIpc) is 1.05. The van der Waals surface area contributed by atoms with Gasteiger partial charge in [-0.1, -0.05) is 905 Å². The molecule has 0 heterocycles. The first-order valence-electron chi connectivity index (χ1n) is 17.6. The molecule has 688 valence electrons. The molecule has 0 rings (SSSR count). The van der Waals surface area contributed by atoms with Gasteiger partial charge in [-0.15, -0.1) is 0 Å². The molecule has 0 aromatic heterocycles. The zero-order chi connectivity index (χ0) is 94.6. The van der Waals surface area contributed by atoms with E-state index < -0.39 is 118 Å². The summed E-state index contributed by atoms with van der Waals surface area (Å²) in [6.45, 7) is -0.433. The lowest BCUT2D eigenvalue weighted by molar-refractivity contribution is 0.303. The van der Waals surface area contributed by atoms with Crippen molar-refractivity contribution < 1.29 is 5.11 Å². The van der Waals surface area contributed by atoms with Crippen LogP contribution < -0.4 is 0 Å². The van der Waals surface area contributed by atoms with E-state index in [4.69, 9.17) is 910 Å². The Hall–Kier alpha value is 22.6. The summed E-state index contributed by atoms with van der Waals surface area (Å²) in [5.41, 5.74) is 0. The highest BCUT2D eigenvalue weighted by molar-refractivity contribution is 6.73. The van der Waals surface area contributed by atoms with Crippen molar-refractivity contribution in [3.05, 3.63) is 0 Å². The van der Waals surface area contributed by atoms with Crippen LogP contribution >= 0.6 is 905 Å². The van der Waals surface area contributed by atoms with Crippen LogP contribution in [0.4, 0.5) is 0 Å². The van der Waals surface area contributed by atoms with Crippen LogP contribution in [0.2, 0.25) is 0 Å². The zero-order valence-electron chi connectivity index (χ0n) is 45.6. The summed E-state index contributed by atoms with van der Waals surface area (Å²) >= 11 is 375. The summed E-state index contributed by atoms with van der Waals surface area (Å²) in [4.78, 5) is 0. The summed E-state index contributed by atoms with van der Waals surface area (Å²) in [7, 11) is 0. The second-order valence-electron chi connectivity index (χ2n) is 6.96. The van der Waals surface area contributed by atoms with E-state index in [1.54, 1.807) is 0 Å². The fourth-order valence-corrected chi connectivity index (χ4v) is 0. The number of halogens is 78. The minimum Gasteiger partial charge on any atom is -0.392 e. The molecule has 1 nitrogen and oxygen atoms in total. The highest BCUT2D eigenvalue weighted by Gasteiger charge is 2.16. The first-order valence-corrected chi connectivity index (χ1v) is 51.5. The number of rotatable bonds is 0. The van der Waals surface area contributed by atoms with E-state index in [2.05, 4.69) is 0 Å². The molecule has 0 aliphatic carbocycles. The fourth-order valence-electron chi connectivity index (χ4n) is 0. The lowest BCUT2D eigenvalue weighted by atomic mass is 10.9. The standard InChI is InChI=1S/C2H3Cl3O.25CHCl3/c3-2(4,5)1-6;25*2-1(3)4/h6H,1H2;25*1H. The van der Waals surface area contributed by atoms with Gasteiger partial charge in [0.2, 0.25) is 3.79 Å². The van der Waals surface area contributed by atoms with Crippen LogP contribution in [0.3, 0.4) is 0 Å². The van der Waals surface area contributed by atoms with E-state index in [0.29, 0.717) is 0 Å². The van der Waals surface area contributed by atoms with Crippen molar-refractivity contribution in [3.8, 4) is 0 Å². The second-order valence-corrected chi connectivity index (χ2v) is 59.0. The second kappa shape index (κ2) is 187. The monoisotopic (exact) mass is 3100 g/mol. The molecule has 0 unspecified atom stereocenters. The first-order chi connectivity index (χ1) is 45.9. The van der Waals surface area contributed by atoms with Crippen LogP contribution in [0.25, 0.3) is 0 Å². The van der Waals surface area contributed by atoms with Gasteiger partial charge in [-0.3, -0.25) is 0 Å². The summed E-state index contributed by atoms with van der Waals surface area (Å²) < 4.78 is -20.2. The molecule has 1 N–H and O–H groups in total. The first kappa shape index (κ1) is 199. The van der Waals surface area contributed by atoms with Gasteiger partial charge in [0.25, 0.3) is 0 Å². The van der Waals surface area contributed by atoms with Gasteiger partial charge in [0.15, 0.2) is 107 Å². The molecule has 79 heteroatoms. The van der Waals surface area contributed by atoms with Crippen molar-refractivity contribution >= 4 is 905 Å². The van der Waals surface area contributed by atoms with Crippen molar-refractivity contribution in [2.75, 3.05) is 6.61 Å². The van der Waals surface area contributed by atoms with Crippen molar-refractivity contribution in [2.24, 2.45) is 0 Å². The molecule has 0 saturated carbocycles. The highest BCUT2D eigenvalue weighted by atomic mass is 35.7. The summed E-state index contributed by atoms with van der Waals surface area (Å²) in [5, 5.41) is 8.01. The maximum absolute atomic E-state index is 8.01. The molecule has 106 heavy (non-hydrogen) atoms. The van der Waals surface area contributed by atoms with Crippen LogP contribution in [-0.4, -0.2) is 123 Å². The molecule has 0 aromatic carbocycles. The Morgan fingerprint density at radius 2 is 0.113 bits per heavy atom. The van der Waals surface area contributed by atoms with Crippen molar-refractivity contribution in [3.63, 3.8) is 0 Å². The summed E-state index contributed by atoms with van der Waals surface area (Å²) in [6, 6.07) is 0. The molecule has 0 aliphatic rings. The molecule has 0 bridgehead atoms. The minimum absolute atomic E-state index is 0.433. The van der Waals surface area contributed by atoms with Crippen molar-refractivity contribution in [1.29, 1.82) is 0 Å². The Morgan fingerprint density at radius 3 is 0.113 bits per heavy atom. The fraction of sp³-hybridized carbons (Fsp3) is 1.00. The quantitative estimate of drug-likeness (QED) is 0.240. The Labute approximate surface area is 1010 Å². The van der Waals surface area contributed by atoms with Gasteiger partial charge in [0.1, 0.15) is 0 Å². The van der Waals surface area contributed by atoms with Crippen LogP contribution in [0, 0.1) is 0 Å². The summed E-state index contributed by atoms with van der Waals surface area (Å²) in [6.07, 6.45) is 0. The largest absolute Gasteiger partial charge is 0.392 e. The van der Waals surface area contributed by atoms with E-state index >= 15 is 0 Å². The predicted molar refractivity (Wildman–Crippen MR) is 561 cm³/mol. The third-order valence-electron chi connectivity index (χ3n) is 0.179. The van der Waals surface area contributed by atoms with Crippen LogP contribution in [0.5, 0.6) is 0 Å². The van der Waals surface area contributed by atoms with E-state index in [9.17, 15) is 0 Å². The maximum Gasteiger partial charge on any atom is 0.213 e. The van der Waals surface area contributed by atoms with Crippen LogP contribution in [0.1, 0.15) is 0 Å². The Bertz CT molecular complexity index is 660. The summed E-state index contributed by atoms with van der Waals surface area (Å²) in [5.74, 6) is 0. The minimum atomic E-state index is -1.49. The van der Waals surface area contributed by atoms with Crippen molar-refractivity contribution in [1.82, 2.24) is 0 Å². The molecule has 0 fully saturated rings. The van der Waals surface area contributed by atoms with Crippen LogP contribution in [0.15, 0.2) is 0 Å². The third kappa shape index (κ3) is 3050. The van der Waals surface area contributed by atoms with Gasteiger partial charge in [-0.25, -0.2) is 0 Å². The van der Waals surface area contributed by atoms with Gasteiger partial charge in [0.05, 0.1) is 6.61 Å². The van der Waals surface area contributed by atoms with Gasteiger partial charge in [0, 0.05) is 0 Å². The topological polar surface area (TPSA) is 20.2 Å². The number of hydrogen-bond donors (Lipinski definition) is 1. The van der Waals surface area contributed by atoms with Gasteiger partial charge in [-0.2, -0.15) is 0 Å². The molecule has 0 saturated heterocycles. The van der Waals surface area contributed by atoms with Crippen LogP contribution in [-0.2, 0) is 0 Å². The van der Waals surface area contributed by atoms with E-state index in [-0.39, 0.29) is 0 Å². The van der Waals surface area contributed by atoms with Gasteiger partial charge < -0.3 is 5.11 Å². The third-order valence-corrected chi connectivity index (χ3v) is 0.538. The Morgan fingerprint density at radius 1 is 0.104 bits per heavy atom. The molecule has 0 amide bonds. The molecule has 0 aromatic rings. The Balaban J connectivity index is -0.0000000262. The van der Waals surface area contributed by atoms with Gasteiger partial charge in [-0.05, 0) is 0 Å². The number of aliphatic hydroxyl groups is 1. The van der Waals surface area contributed by atoms with E-state index in [1.807, 2.05) is 0 Å². The normalized spacial score (nSPS) is 9.17. The molecule has 0 spiro atoms. The van der Waals surface area contributed by atoms with E-state index in [1.165, 1.54) is 0 Å². The lowest BCUT2D eigenvalue weighted by Crippen LogP contribution is -2.06. The molecule has 0 aliphatic heterocycles. The molecule has 0 atom stereocenters. The van der Waals surface area contributed by atoms with Crippen molar-refractivity contribution in [2.45, 2.75) is 111 Å².